The van der Waals surface area contributed by atoms with Crippen molar-refractivity contribution < 1.29 is 0 Å². The molecule has 0 aliphatic carbocycles. The zero-order valence-electron chi connectivity index (χ0n) is 10.7. The van der Waals surface area contributed by atoms with Gasteiger partial charge in [0.2, 0.25) is 0 Å². The number of aromatic amines is 1. The molecule has 0 saturated carbocycles. The van der Waals surface area contributed by atoms with Gasteiger partial charge in [-0.05, 0) is 36.1 Å². The molecule has 2 heterocycles. The van der Waals surface area contributed by atoms with Crippen LogP contribution in [0.5, 0.6) is 0 Å². The number of nitrogens with zero attached hydrogens (tertiary/aromatic N) is 1. The zero-order valence-corrected chi connectivity index (χ0v) is 10.7. The van der Waals surface area contributed by atoms with Gasteiger partial charge in [-0.3, -0.25) is 0 Å². The van der Waals surface area contributed by atoms with E-state index in [1.54, 1.807) is 0 Å². The molecule has 0 fully saturated rings. The van der Waals surface area contributed by atoms with E-state index in [0.717, 1.165) is 12.1 Å². The maximum atomic E-state index is 4.41. The van der Waals surface area contributed by atoms with Crippen LogP contribution in [0.2, 0.25) is 0 Å². The normalized spacial score (nSPS) is 11.0. The molecule has 90 valence electrons. The van der Waals surface area contributed by atoms with Crippen LogP contribution in [0.15, 0.2) is 42.7 Å². The monoisotopic (exact) mass is 236 g/mol. The summed E-state index contributed by atoms with van der Waals surface area (Å²) in [6.07, 6.45) is 5.01. The Labute approximate surface area is 107 Å². The molecule has 0 amide bonds. The molecule has 2 nitrogen and oxygen atoms in total. The second-order valence-corrected chi connectivity index (χ2v) is 4.66. The van der Waals surface area contributed by atoms with Crippen molar-refractivity contribution in [2.45, 2.75) is 20.3 Å². The maximum absolute atomic E-state index is 4.41. The highest BCUT2D eigenvalue weighted by molar-refractivity contribution is 5.93. The van der Waals surface area contributed by atoms with E-state index in [1.165, 1.54) is 27.6 Å². The average Bonchev–Trinajstić information content (AvgIpc) is 2.82. The molecular formula is C16H16N2. The van der Waals surface area contributed by atoms with Gasteiger partial charge < -0.3 is 4.98 Å². The number of hydrogen-bond donors (Lipinski definition) is 1. The molecule has 0 aliphatic heterocycles. The Bertz CT molecular complexity index is 678. The number of aromatic nitrogens is 2. The minimum Gasteiger partial charge on any atom is -0.346 e. The van der Waals surface area contributed by atoms with Crippen LogP contribution >= 0.6 is 0 Å². The summed E-state index contributed by atoms with van der Waals surface area (Å²) in [5.41, 5.74) is 5.98. The van der Waals surface area contributed by atoms with E-state index in [1.807, 2.05) is 12.4 Å². The van der Waals surface area contributed by atoms with Gasteiger partial charge in [0.1, 0.15) is 5.65 Å². The number of nitrogens with one attached hydrogen (secondary N) is 1. The fourth-order valence-corrected chi connectivity index (χ4v) is 2.27. The Morgan fingerprint density at radius 2 is 1.94 bits per heavy atom. The van der Waals surface area contributed by atoms with E-state index in [9.17, 15) is 0 Å². The molecule has 0 atom stereocenters. The lowest BCUT2D eigenvalue weighted by Crippen LogP contribution is -1.82. The highest BCUT2D eigenvalue weighted by Gasteiger charge is 2.06. The zero-order chi connectivity index (χ0) is 12.5. The second kappa shape index (κ2) is 4.30. The first-order valence-corrected chi connectivity index (χ1v) is 6.31. The molecule has 0 bridgehead atoms. The van der Waals surface area contributed by atoms with E-state index in [-0.39, 0.29) is 0 Å². The summed E-state index contributed by atoms with van der Waals surface area (Å²) >= 11 is 0. The van der Waals surface area contributed by atoms with Gasteiger partial charge in [-0.15, -0.1) is 0 Å². The van der Waals surface area contributed by atoms with Crippen LogP contribution < -0.4 is 0 Å². The van der Waals surface area contributed by atoms with E-state index in [0.29, 0.717) is 0 Å². The van der Waals surface area contributed by atoms with Crippen LogP contribution in [0.4, 0.5) is 0 Å². The average molecular weight is 236 g/mol. The molecule has 0 spiro atoms. The van der Waals surface area contributed by atoms with Crippen molar-refractivity contribution in [2.75, 3.05) is 0 Å². The van der Waals surface area contributed by atoms with Crippen molar-refractivity contribution in [3.05, 3.63) is 53.9 Å². The van der Waals surface area contributed by atoms with E-state index >= 15 is 0 Å². The fraction of sp³-hybridized carbons (Fsp3) is 0.188. The van der Waals surface area contributed by atoms with Gasteiger partial charge in [0.15, 0.2) is 0 Å². The van der Waals surface area contributed by atoms with Gasteiger partial charge in [-0.2, -0.15) is 0 Å². The lowest BCUT2D eigenvalue weighted by Gasteiger charge is -2.02. The van der Waals surface area contributed by atoms with Gasteiger partial charge in [0.05, 0.1) is 0 Å². The summed E-state index contributed by atoms with van der Waals surface area (Å²) in [5.74, 6) is 0. The van der Waals surface area contributed by atoms with Gasteiger partial charge in [0.25, 0.3) is 0 Å². The Hall–Kier alpha value is -2.09. The van der Waals surface area contributed by atoms with Crippen molar-refractivity contribution in [3.63, 3.8) is 0 Å². The van der Waals surface area contributed by atoms with Gasteiger partial charge in [-0.1, -0.05) is 31.2 Å². The molecule has 0 saturated heterocycles. The van der Waals surface area contributed by atoms with Crippen molar-refractivity contribution >= 4 is 11.0 Å². The van der Waals surface area contributed by atoms with E-state index < -0.39 is 0 Å². The van der Waals surface area contributed by atoms with E-state index in [2.05, 4.69) is 54.1 Å². The molecule has 2 aromatic heterocycles. The van der Waals surface area contributed by atoms with Gasteiger partial charge in [0, 0.05) is 23.3 Å². The standard InChI is InChI=1S/C16H16N2/c1-3-12-4-6-13(7-5-12)15-10-18-16-14(15)8-11(2)9-17-16/h4-10H,3H2,1-2H3,(H,17,18). The SMILES string of the molecule is CCc1ccc(-c2c[nH]c3ncc(C)cc23)cc1. The molecule has 1 N–H and O–H groups in total. The topological polar surface area (TPSA) is 28.7 Å². The van der Waals surface area contributed by atoms with Crippen molar-refractivity contribution in [2.24, 2.45) is 0 Å². The van der Waals surface area contributed by atoms with Crippen molar-refractivity contribution in [1.29, 1.82) is 0 Å². The highest BCUT2D eigenvalue weighted by atomic mass is 14.8. The minimum absolute atomic E-state index is 0.954. The molecule has 2 heteroatoms. The highest BCUT2D eigenvalue weighted by Crippen LogP contribution is 2.28. The lowest BCUT2D eigenvalue weighted by atomic mass is 10.0. The Morgan fingerprint density at radius 1 is 1.17 bits per heavy atom. The summed E-state index contributed by atoms with van der Waals surface area (Å²) in [6, 6.07) is 10.9. The third-order valence-electron chi connectivity index (χ3n) is 3.34. The van der Waals surface area contributed by atoms with Gasteiger partial charge in [-0.25, -0.2) is 4.98 Å². The predicted molar refractivity (Wildman–Crippen MR) is 75.6 cm³/mol. The number of benzene rings is 1. The van der Waals surface area contributed by atoms with Crippen LogP contribution in [0.3, 0.4) is 0 Å². The molecule has 3 aromatic rings. The number of hydrogen-bond acceptors (Lipinski definition) is 1. The van der Waals surface area contributed by atoms with Crippen LogP contribution in [0, 0.1) is 6.92 Å². The Balaban J connectivity index is 2.15. The Morgan fingerprint density at radius 3 is 2.67 bits per heavy atom. The quantitative estimate of drug-likeness (QED) is 0.713. The third kappa shape index (κ3) is 1.80. The van der Waals surface area contributed by atoms with Crippen LogP contribution in [0.25, 0.3) is 22.2 Å². The number of pyridine rings is 1. The first-order chi connectivity index (χ1) is 8.78. The summed E-state index contributed by atoms with van der Waals surface area (Å²) < 4.78 is 0. The summed E-state index contributed by atoms with van der Waals surface area (Å²) in [5, 5.41) is 1.19. The third-order valence-corrected chi connectivity index (χ3v) is 3.34. The van der Waals surface area contributed by atoms with Gasteiger partial charge >= 0.3 is 0 Å². The Kier molecular flexibility index (Phi) is 2.63. The number of fused-ring (bicyclic) bond motifs is 1. The van der Waals surface area contributed by atoms with Crippen molar-refractivity contribution in [3.8, 4) is 11.1 Å². The van der Waals surface area contributed by atoms with Crippen molar-refractivity contribution in [1.82, 2.24) is 9.97 Å². The molecule has 18 heavy (non-hydrogen) atoms. The van der Waals surface area contributed by atoms with E-state index in [4.69, 9.17) is 0 Å². The molecule has 1 aromatic carbocycles. The minimum atomic E-state index is 0.954. The molecular weight excluding hydrogens is 220 g/mol. The first-order valence-electron chi connectivity index (χ1n) is 6.31. The van der Waals surface area contributed by atoms with Crippen LogP contribution in [0.1, 0.15) is 18.1 Å². The summed E-state index contributed by atoms with van der Waals surface area (Å²) in [7, 11) is 0. The fourth-order valence-electron chi connectivity index (χ4n) is 2.27. The van der Waals surface area contributed by atoms with Crippen LogP contribution in [-0.2, 0) is 6.42 Å². The molecule has 0 unspecified atom stereocenters. The number of H-pyrrole nitrogens is 1. The smallest absolute Gasteiger partial charge is 0.137 e. The summed E-state index contributed by atoms with van der Waals surface area (Å²) in [6.45, 7) is 4.25. The largest absolute Gasteiger partial charge is 0.346 e. The lowest BCUT2D eigenvalue weighted by molar-refractivity contribution is 1.14. The number of rotatable bonds is 2. The molecule has 0 radical (unpaired) electrons. The first kappa shape index (κ1) is 11.0. The predicted octanol–water partition coefficient (Wildman–Crippen LogP) is 4.10. The summed E-state index contributed by atoms with van der Waals surface area (Å²) in [4.78, 5) is 7.64. The second-order valence-electron chi connectivity index (χ2n) is 4.66. The number of aryl methyl sites for hydroxylation is 2. The molecule has 0 aliphatic rings. The van der Waals surface area contributed by atoms with Crippen LogP contribution in [-0.4, -0.2) is 9.97 Å². The maximum Gasteiger partial charge on any atom is 0.137 e. The molecule has 3 rings (SSSR count).